The molecule has 0 bridgehead atoms. The molecule has 1 saturated heterocycles. The number of esters is 1. The molecule has 10 heteroatoms. The Morgan fingerprint density at radius 3 is 2.64 bits per heavy atom. The summed E-state index contributed by atoms with van der Waals surface area (Å²) in [5.41, 5.74) is 1.29. The second-order valence-electron chi connectivity index (χ2n) is 9.66. The van der Waals surface area contributed by atoms with Crippen molar-refractivity contribution >= 4 is 31.4 Å². The van der Waals surface area contributed by atoms with Crippen LogP contribution in [-0.2, 0) is 18.9 Å². The van der Waals surface area contributed by atoms with Crippen molar-refractivity contribution in [1.82, 2.24) is 0 Å². The summed E-state index contributed by atoms with van der Waals surface area (Å²) in [6.07, 6.45) is 5.14. The van der Waals surface area contributed by atoms with E-state index in [2.05, 4.69) is 0 Å². The Balaban J connectivity index is 2.12. The van der Waals surface area contributed by atoms with E-state index in [1.165, 1.54) is 19.9 Å². The maximum absolute atomic E-state index is 13.4. The quantitative estimate of drug-likeness (QED) is 0.291. The largest absolute Gasteiger partial charge is 0.467 e. The number of hydrogen-bond donors (Lipinski definition) is 1. The van der Waals surface area contributed by atoms with Gasteiger partial charge in [0, 0.05) is 31.8 Å². The number of fused-ring (bicyclic) bond motifs is 2. The average Bonchev–Trinajstić information content (AvgIpc) is 3.13. The molecule has 0 aromatic heterocycles. The molecule has 0 aliphatic carbocycles. The summed E-state index contributed by atoms with van der Waals surface area (Å²) in [6.45, 7) is 7.21. The highest BCUT2D eigenvalue weighted by Crippen LogP contribution is 2.35. The molecule has 2 aliphatic rings. The lowest BCUT2D eigenvalue weighted by Crippen LogP contribution is -2.34. The first-order valence-corrected chi connectivity index (χ1v) is 12.1. The first-order valence-electron chi connectivity index (χ1n) is 12.1. The van der Waals surface area contributed by atoms with Gasteiger partial charge in [0.15, 0.2) is 18.4 Å². The molecule has 1 amide bonds. The van der Waals surface area contributed by atoms with E-state index in [0.717, 1.165) is 0 Å². The van der Waals surface area contributed by atoms with Crippen molar-refractivity contribution in [1.29, 1.82) is 0 Å². The highest BCUT2D eigenvalue weighted by molar-refractivity contribution is 6.60. The van der Waals surface area contributed by atoms with Gasteiger partial charge in [-0.3, -0.25) is 4.79 Å². The Morgan fingerprint density at radius 1 is 1.25 bits per heavy atom. The molecule has 0 radical (unpaired) electrons. The van der Waals surface area contributed by atoms with Crippen molar-refractivity contribution in [3.05, 3.63) is 41.5 Å². The number of anilines is 1. The predicted molar refractivity (Wildman–Crippen MR) is 138 cm³/mol. The second kappa shape index (κ2) is 11.6. The van der Waals surface area contributed by atoms with E-state index in [-0.39, 0.29) is 29.8 Å². The number of nitrogens with zero attached hydrogens (tertiary/aromatic N) is 1. The molecule has 1 aromatic rings. The van der Waals surface area contributed by atoms with Crippen molar-refractivity contribution in [2.75, 3.05) is 25.9 Å². The predicted octanol–water partition coefficient (Wildman–Crippen LogP) is 2.89. The highest BCUT2D eigenvalue weighted by atomic mass is 16.8. The van der Waals surface area contributed by atoms with Crippen LogP contribution in [0.25, 0.3) is 6.08 Å². The Kier molecular flexibility index (Phi) is 9.00. The summed E-state index contributed by atoms with van der Waals surface area (Å²) in [6, 6.07) is 3.35. The van der Waals surface area contributed by atoms with Gasteiger partial charge in [-0.25, -0.2) is 4.79 Å². The van der Waals surface area contributed by atoms with Gasteiger partial charge < -0.3 is 33.7 Å². The van der Waals surface area contributed by atoms with Gasteiger partial charge in [0.05, 0.1) is 6.10 Å². The number of benzene rings is 1. The maximum atomic E-state index is 13.4. The Labute approximate surface area is 213 Å². The van der Waals surface area contributed by atoms with Crippen molar-refractivity contribution in [3.8, 4) is 5.75 Å². The van der Waals surface area contributed by atoms with Crippen molar-refractivity contribution in [3.63, 3.8) is 0 Å². The highest BCUT2D eigenvalue weighted by Gasteiger charge is 2.43. The zero-order chi connectivity index (χ0) is 26.6. The molecule has 0 spiro atoms. The van der Waals surface area contributed by atoms with Gasteiger partial charge in [-0.1, -0.05) is 31.2 Å². The molecule has 1 N–H and O–H groups in total. The number of carbonyl (C=O) groups excluding carboxylic acids is 2. The fourth-order valence-corrected chi connectivity index (χ4v) is 4.14. The minimum Gasteiger partial charge on any atom is -0.467 e. The van der Waals surface area contributed by atoms with Crippen LogP contribution in [0.4, 0.5) is 10.5 Å². The van der Waals surface area contributed by atoms with E-state index >= 15 is 0 Å². The van der Waals surface area contributed by atoms with Crippen LogP contribution in [0.2, 0.25) is 0 Å². The summed E-state index contributed by atoms with van der Waals surface area (Å²) in [5, 5.41) is 10.8. The maximum Gasteiger partial charge on any atom is 0.342 e. The van der Waals surface area contributed by atoms with Gasteiger partial charge in [-0.05, 0) is 38.8 Å². The molecule has 1 fully saturated rings. The lowest BCUT2D eigenvalue weighted by molar-refractivity contribution is -0.152. The second-order valence-corrected chi connectivity index (χ2v) is 9.66. The molecular formula is C26H36BNO8. The standard InChI is InChI=1S/C26H36BNO8/c1-15-10-11-19(29)23-20(35-26(3,4)36-23)9-7-8-17-12-18(28(5)25(27)31)13-21(33-14-32-6)22(17)24(30)34-16(15)2/h7-8,10-13,15-16,19-20,23,29H,9,14,27H2,1-6H3/b8-7+,11-10-/t15-,16+,19?,20+,23-/m1/s1. The smallest absolute Gasteiger partial charge is 0.342 e. The first kappa shape index (κ1) is 27.9. The molecular weight excluding hydrogens is 465 g/mol. The van der Waals surface area contributed by atoms with Crippen LogP contribution in [0.5, 0.6) is 5.75 Å². The number of ether oxygens (including phenoxy) is 5. The summed E-state index contributed by atoms with van der Waals surface area (Å²) >= 11 is 0. The van der Waals surface area contributed by atoms with E-state index in [9.17, 15) is 14.7 Å². The lowest BCUT2D eigenvalue weighted by Gasteiger charge is -2.24. The van der Waals surface area contributed by atoms with E-state index in [0.29, 0.717) is 17.7 Å². The summed E-state index contributed by atoms with van der Waals surface area (Å²) in [7, 11) is 4.57. The lowest BCUT2D eigenvalue weighted by atomic mass is 9.98. The third-order valence-electron chi connectivity index (χ3n) is 6.38. The molecule has 2 aliphatic heterocycles. The molecule has 36 heavy (non-hydrogen) atoms. The van der Waals surface area contributed by atoms with E-state index in [4.69, 9.17) is 23.7 Å². The zero-order valence-electron chi connectivity index (χ0n) is 22.0. The molecule has 0 saturated carbocycles. The molecule has 1 aromatic carbocycles. The SMILES string of the molecule is BC(=O)N(C)c1cc2c(c(OCOC)c1)C(=O)O[C@@H](C)[C@H](C)/C=C\C(O)[C@H]1OC(C)(C)O[C@H]1C/C=C/2. The average molecular weight is 501 g/mol. The number of cyclic esters (lactones) is 1. The van der Waals surface area contributed by atoms with Gasteiger partial charge in [0.25, 0.3) is 0 Å². The monoisotopic (exact) mass is 501 g/mol. The summed E-state index contributed by atoms with van der Waals surface area (Å²) in [4.78, 5) is 26.9. The fraction of sp³-hybridized carbons (Fsp3) is 0.538. The Bertz CT molecular complexity index is 1020. The molecule has 5 atom stereocenters. The van der Waals surface area contributed by atoms with Gasteiger partial charge in [0.2, 0.25) is 7.85 Å². The van der Waals surface area contributed by atoms with Crippen LogP contribution in [0, 0.1) is 5.92 Å². The van der Waals surface area contributed by atoms with Crippen molar-refractivity contribution < 1.29 is 38.4 Å². The number of aliphatic hydroxyl groups is 1. The van der Waals surface area contributed by atoms with E-state index in [1.54, 1.807) is 38.3 Å². The minimum atomic E-state index is -0.893. The van der Waals surface area contributed by atoms with Gasteiger partial charge in [-0.15, -0.1) is 0 Å². The number of hydrogen-bond acceptors (Lipinski definition) is 8. The number of amides is 1. The van der Waals surface area contributed by atoms with Crippen LogP contribution in [0.3, 0.4) is 0 Å². The molecule has 9 nitrogen and oxygen atoms in total. The molecule has 1 unspecified atom stereocenters. The van der Waals surface area contributed by atoms with Crippen LogP contribution in [0.1, 0.15) is 50.0 Å². The number of carbonyl (C=O) groups is 2. The van der Waals surface area contributed by atoms with E-state index < -0.39 is 36.2 Å². The normalized spacial score (nSPS) is 29.8. The van der Waals surface area contributed by atoms with Crippen LogP contribution in [-0.4, -0.2) is 75.9 Å². The number of aliphatic hydroxyl groups excluding tert-OH is 1. The summed E-state index contributed by atoms with van der Waals surface area (Å²) < 4.78 is 28.7. The first-order chi connectivity index (χ1) is 16.9. The van der Waals surface area contributed by atoms with Crippen LogP contribution >= 0.6 is 0 Å². The Hall–Kier alpha value is -2.66. The van der Waals surface area contributed by atoms with Gasteiger partial charge in [0.1, 0.15) is 29.6 Å². The third kappa shape index (κ3) is 6.56. The Morgan fingerprint density at radius 2 is 1.97 bits per heavy atom. The molecule has 196 valence electrons. The minimum absolute atomic E-state index is 0.0900. The topological polar surface area (TPSA) is 104 Å². The zero-order valence-corrected chi connectivity index (χ0v) is 22.0. The molecule has 2 heterocycles. The van der Waals surface area contributed by atoms with Crippen molar-refractivity contribution in [2.24, 2.45) is 5.92 Å². The third-order valence-corrected chi connectivity index (χ3v) is 6.38. The molecule has 3 rings (SSSR count). The summed E-state index contributed by atoms with van der Waals surface area (Å²) in [5.74, 6) is -1.54. The van der Waals surface area contributed by atoms with Gasteiger partial charge in [-0.2, -0.15) is 0 Å². The van der Waals surface area contributed by atoms with Crippen LogP contribution < -0.4 is 9.64 Å². The fourth-order valence-electron chi connectivity index (χ4n) is 4.14. The van der Waals surface area contributed by atoms with Crippen LogP contribution in [0.15, 0.2) is 30.4 Å². The van der Waals surface area contributed by atoms with Gasteiger partial charge >= 0.3 is 5.97 Å². The number of rotatable bonds is 4. The van der Waals surface area contributed by atoms with Crippen molar-refractivity contribution in [2.45, 2.75) is 64.3 Å². The number of methoxy groups -OCH3 is 1. The van der Waals surface area contributed by atoms with E-state index in [1.807, 2.05) is 32.9 Å².